The van der Waals surface area contributed by atoms with E-state index < -0.39 is 10.0 Å². The second-order valence-corrected chi connectivity index (χ2v) is 7.69. The Kier molecular flexibility index (Phi) is 5.75. The molecule has 0 spiro atoms. The largest absolute Gasteiger partial charge is 0.358 e. The highest BCUT2D eigenvalue weighted by atomic mass is 32.2. The molecule has 2 aromatic carbocycles. The average Bonchev–Trinajstić information content (AvgIpc) is 2.54. The Hall–Kier alpha value is -2.18. The molecule has 128 valence electrons. The number of nitrogens with one attached hydrogen (secondary N) is 1. The molecule has 0 radical (unpaired) electrons. The number of aryl methyl sites for hydroxylation is 2. The molecule has 0 aliphatic carbocycles. The molecule has 0 bridgehead atoms. The molecule has 0 aromatic heterocycles. The van der Waals surface area contributed by atoms with Crippen molar-refractivity contribution in [3.05, 3.63) is 65.2 Å². The minimum Gasteiger partial charge on any atom is -0.358 e. The topological polar surface area (TPSA) is 66.5 Å². The Morgan fingerprint density at radius 1 is 1.04 bits per heavy atom. The first-order chi connectivity index (χ1) is 11.3. The average molecular weight is 346 g/mol. The number of sulfonamides is 1. The van der Waals surface area contributed by atoms with Gasteiger partial charge in [0.15, 0.2) is 0 Å². The van der Waals surface area contributed by atoms with Crippen molar-refractivity contribution in [2.24, 2.45) is 0 Å². The molecule has 0 saturated carbocycles. The van der Waals surface area contributed by atoms with Crippen LogP contribution in [0.3, 0.4) is 0 Å². The molecular weight excluding hydrogens is 324 g/mol. The second-order valence-electron chi connectivity index (χ2n) is 5.75. The van der Waals surface area contributed by atoms with Gasteiger partial charge in [0.1, 0.15) is 0 Å². The van der Waals surface area contributed by atoms with Crippen molar-refractivity contribution in [1.82, 2.24) is 9.62 Å². The van der Waals surface area contributed by atoms with Crippen molar-refractivity contribution in [3.63, 3.8) is 0 Å². The molecule has 6 heteroatoms. The van der Waals surface area contributed by atoms with E-state index in [4.69, 9.17) is 0 Å². The zero-order chi connectivity index (χ0) is 17.7. The van der Waals surface area contributed by atoms with Crippen LogP contribution in [0, 0.1) is 13.8 Å². The van der Waals surface area contributed by atoms with Crippen LogP contribution in [0.15, 0.2) is 53.4 Å². The Morgan fingerprint density at radius 2 is 1.71 bits per heavy atom. The Labute approximate surface area is 143 Å². The summed E-state index contributed by atoms with van der Waals surface area (Å²) in [7, 11) is -2.27. The maximum atomic E-state index is 12.9. The highest BCUT2D eigenvalue weighted by Crippen LogP contribution is 2.19. The zero-order valence-electron chi connectivity index (χ0n) is 14.1. The van der Waals surface area contributed by atoms with E-state index in [9.17, 15) is 13.2 Å². The van der Waals surface area contributed by atoms with E-state index in [2.05, 4.69) is 5.32 Å². The van der Waals surface area contributed by atoms with Gasteiger partial charge >= 0.3 is 0 Å². The summed E-state index contributed by atoms with van der Waals surface area (Å²) in [4.78, 5) is 12.0. The zero-order valence-corrected chi connectivity index (χ0v) is 14.9. The van der Waals surface area contributed by atoms with Crippen LogP contribution in [-0.2, 0) is 21.4 Å². The molecule has 24 heavy (non-hydrogen) atoms. The molecule has 0 heterocycles. The van der Waals surface area contributed by atoms with Gasteiger partial charge in [-0.2, -0.15) is 4.31 Å². The number of hydrogen-bond donors (Lipinski definition) is 1. The lowest BCUT2D eigenvalue weighted by Crippen LogP contribution is -2.39. The van der Waals surface area contributed by atoms with Crippen LogP contribution < -0.4 is 5.32 Å². The van der Waals surface area contributed by atoms with Gasteiger partial charge < -0.3 is 5.32 Å². The molecular formula is C18H22N2O3S. The van der Waals surface area contributed by atoms with Crippen LogP contribution in [0.1, 0.15) is 16.7 Å². The molecule has 0 unspecified atom stereocenters. The van der Waals surface area contributed by atoms with Gasteiger partial charge in [-0.1, -0.05) is 47.5 Å². The summed E-state index contributed by atoms with van der Waals surface area (Å²) in [5.74, 6) is -0.349. The highest BCUT2D eigenvalue weighted by Gasteiger charge is 2.26. The van der Waals surface area contributed by atoms with E-state index in [1.54, 1.807) is 24.3 Å². The quantitative estimate of drug-likeness (QED) is 0.872. The standard InChI is InChI=1S/C18H22N2O3S/c1-14-7-9-17(10-8-14)24(22,23)20(13-18(21)19-3)12-16-6-4-5-15(2)11-16/h4-11H,12-13H2,1-3H3,(H,19,21). The fourth-order valence-corrected chi connectivity index (χ4v) is 3.72. The summed E-state index contributed by atoms with van der Waals surface area (Å²) in [6, 6.07) is 14.2. The van der Waals surface area contributed by atoms with Crippen molar-refractivity contribution in [2.45, 2.75) is 25.3 Å². The molecule has 0 fully saturated rings. The lowest BCUT2D eigenvalue weighted by molar-refractivity contribution is -0.120. The number of benzene rings is 2. The maximum absolute atomic E-state index is 12.9. The number of amides is 1. The van der Waals surface area contributed by atoms with Crippen LogP contribution in [0.25, 0.3) is 0 Å². The van der Waals surface area contributed by atoms with Crippen LogP contribution in [-0.4, -0.2) is 32.2 Å². The SMILES string of the molecule is CNC(=O)CN(Cc1cccc(C)c1)S(=O)(=O)c1ccc(C)cc1. The van der Waals surface area contributed by atoms with Gasteiger partial charge in [0.25, 0.3) is 0 Å². The van der Waals surface area contributed by atoms with Gasteiger partial charge in [-0.25, -0.2) is 8.42 Å². The lowest BCUT2D eigenvalue weighted by Gasteiger charge is -2.22. The maximum Gasteiger partial charge on any atom is 0.243 e. The van der Waals surface area contributed by atoms with Gasteiger partial charge in [0, 0.05) is 13.6 Å². The van der Waals surface area contributed by atoms with Gasteiger partial charge in [0.05, 0.1) is 11.4 Å². The normalized spacial score (nSPS) is 11.5. The lowest BCUT2D eigenvalue weighted by atomic mass is 10.1. The predicted octanol–water partition coefficient (Wildman–Crippen LogP) is 2.24. The monoisotopic (exact) mass is 346 g/mol. The van der Waals surface area contributed by atoms with E-state index in [-0.39, 0.29) is 23.9 Å². The van der Waals surface area contributed by atoms with Crippen molar-refractivity contribution < 1.29 is 13.2 Å². The van der Waals surface area contributed by atoms with Gasteiger partial charge in [-0.15, -0.1) is 0 Å². The first-order valence-corrected chi connectivity index (χ1v) is 9.10. The molecule has 5 nitrogen and oxygen atoms in total. The van der Waals surface area contributed by atoms with Crippen molar-refractivity contribution in [3.8, 4) is 0 Å². The number of rotatable bonds is 6. The van der Waals surface area contributed by atoms with Gasteiger partial charge in [-0.05, 0) is 31.5 Å². The van der Waals surface area contributed by atoms with E-state index in [1.165, 1.54) is 11.4 Å². The number of carbonyl (C=O) groups excluding carboxylic acids is 1. The number of nitrogens with zero attached hydrogens (tertiary/aromatic N) is 1. The summed E-state index contributed by atoms with van der Waals surface area (Å²) >= 11 is 0. The molecule has 0 aliphatic rings. The van der Waals surface area contributed by atoms with Gasteiger partial charge in [0.2, 0.25) is 15.9 Å². The Bertz CT molecular complexity index is 814. The van der Waals surface area contributed by atoms with Crippen LogP contribution in [0.4, 0.5) is 0 Å². The molecule has 2 aromatic rings. The Balaban J connectivity index is 2.37. The molecule has 0 saturated heterocycles. The van der Waals surface area contributed by atoms with Gasteiger partial charge in [-0.3, -0.25) is 4.79 Å². The van der Waals surface area contributed by atoms with Crippen LogP contribution in [0.5, 0.6) is 0 Å². The summed E-state index contributed by atoms with van der Waals surface area (Å²) in [5, 5.41) is 2.48. The molecule has 1 N–H and O–H groups in total. The molecule has 0 aliphatic heterocycles. The minimum absolute atomic E-state index is 0.144. The van der Waals surface area contributed by atoms with E-state index in [0.717, 1.165) is 16.7 Å². The summed E-state index contributed by atoms with van der Waals surface area (Å²) in [5.41, 5.74) is 2.86. The molecule has 2 rings (SSSR count). The van der Waals surface area contributed by atoms with Crippen LogP contribution in [0.2, 0.25) is 0 Å². The number of hydrogen-bond acceptors (Lipinski definition) is 3. The third-order valence-corrected chi connectivity index (χ3v) is 5.50. The summed E-state index contributed by atoms with van der Waals surface area (Å²) in [6.45, 7) is 3.76. The summed E-state index contributed by atoms with van der Waals surface area (Å²) in [6.07, 6.45) is 0. The van der Waals surface area contributed by atoms with Crippen molar-refractivity contribution in [1.29, 1.82) is 0 Å². The molecule has 0 atom stereocenters. The fraction of sp³-hybridized carbons (Fsp3) is 0.278. The first-order valence-electron chi connectivity index (χ1n) is 7.66. The smallest absolute Gasteiger partial charge is 0.243 e. The van der Waals surface area contributed by atoms with Crippen molar-refractivity contribution in [2.75, 3.05) is 13.6 Å². The predicted molar refractivity (Wildman–Crippen MR) is 94.0 cm³/mol. The Morgan fingerprint density at radius 3 is 2.29 bits per heavy atom. The highest BCUT2D eigenvalue weighted by molar-refractivity contribution is 7.89. The summed E-state index contributed by atoms with van der Waals surface area (Å²) < 4.78 is 27.1. The van der Waals surface area contributed by atoms with E-state index in [0.29, 0.717) is 0 Å². The second kappa shape index (κ2) is 7.59. The third kappa shape index (κ3) is 4.43. The van der Waals surface area contributed by atoms with E-state index >= 15 is 0 Å². The van der Waals surface area contributed by atoms with Crippen LogP contribution >= 0.6 is 0 Å². The number of likely N-dealkylation sites (N-methyl/N-ethyl adjacent to an activating group) is 1. The van der Waals surface area contributed by atoms with E-state index in [1.807, 2.05) is 38.1 Å². The third-order valence-electron chi connectivity index (χ3n) is 3.70. The number of carbonyl (C=O) groups is 1. The fourth-order valence-electron chi connectivity index (χ4n) is 2.34. The minimum atomic E-state index is -3.76. The molecule has 1 amide bonds. The first kappa shape index (κ1) is 18.2. The van der Waals surface area contributed by atoms with Crippen molar-refractivity contribution >= 4 is 15.9 Å².